The Morgan fingerprint density at radius 1 is 1.17 bits per heavy atom. The predicted octanol–water partition coefficient (Wildman–Crippen LogP) is 5.15. The highest BCUT2D eigenvalue weighted by Gasteiger charge is 2.44. The number of nitrogens with one attached hydrogen (secondary N) is 1. The van der Waals surface area contributed by atoms with Crippen molar-refractivity contribution in [2.45, 2.75) is 44.3 Å². The summed E-state index contributed by atoms with van der Waals surface area (Å²) in [5.74, 6) is -0.185. The van der Waals surface area contributed by atoms with Crippen molar-refractivity contribution < 1.29 is 18.7 Å². The third kappa shape index (κ3) is 5.67. The van der Waals surface area contributed by atoms with E-state index in [9.17, 15) is 14.0 Å². The Bertz CT molecular complexity index is 900. The first-order valence-electron chi connectivity index (χ1n) is 9.54. The molecule has 2 aromatic carbocycles. The van der Waals surface area contributed by atoms with Gasteiger partial charge < -0.3 is 10.1 Å². The lowest BCUT2D eigenvalue weighted by Gasteiger charge is -2.31. The van der Waals surface area contributed by atoms with Gasteiger partial charge in [0, 0.05) is 17.3 Å². The monoisotopic (exact) mass is 450 g/mol. The minimum Gasteiger partial charge on any atom is -0.444 e. The van der Waals surface area contributed by atoms with Crippen LogP contribution in [0.1, 0.15) is 37.3 Å². The number of carbonyl (C=O) groups excluding carboxylic acids is 2. The van der Waals surface area contributed by atoms with Crippen LogP contribution in [0.25, 0.3) is 0 Å². The van der Waals surface area contributed by atoms with Crippen molar-refractivity contribution >= 4 is 35.4 Å². The number of thioether (sulfide) groups is 1. The fraction of sp³-hybridized carbons (Fsp3) is 0.364. The number of ether oxygens (including phenoxy) is 1. The molecule has 1 aliphatic rings. The lowest BCUT2D eigenvalue weighted by molar-refractivity contribution is -0.125. The fourth-order valence-corrected chi connectivity index (χ4v) is 4.59. The van der Waals surface area contributed by atoms with E-state index in [2.05, 4.69) is 5.32 Å². The number of carbonyl (C=O) groups is 2. The minimum atomic E-state index is -0.690. The van der Waals surface area contributed by atoms with E-state index in [1.54, 1.807) is 45.0 Å². The van der Waals surface area contributed by atoms with Crippen LogP contribution in [-0.4, -0.2) is 34.3 Å². The summed E-state index contributed by atoms with van der Waals surface area (Å²) in [4.78, 5) is 27.4. The summed E-state index contributed by atoms with van der Waals surface area (Å²) >= 11 is 7.49. The zero-order valence-corrected chi connectivity index (χ0v) is 18.6. The molecule has 1 saturated heterocycles. The normalized spacial score (nSPS) is 18.9. The average Bonchev–Trinajstić information content (AvgIpc) is 3.12. The molecule has 5 nitrogen and oxygen atoms in total. The van der Waals surface area contributed by atoms with E-state index in [0.717, 1.165) is 11.1 Å². The molecule has 0 aromatic heterocycles. The van der Waals surface area contributed by atoms with Crippen LogP contribution >= 0.6 is 23.4 Å². The van der Waals surface area contributed by atoms with Crippen molar-refractivity contribution in [2.24, 2.45) is 0 Å². The molecule has 1 fully saturated rings. The minimum absolute atomic E-state index is 0.244. The molecule has 160 valence electrons. The van der Waals surface area contributed by atoms with Crippen LogP contribution in [0, 0.1) is 5.82 Å². The molecular formula is C22H24ClFN2O3S. The highest BCUT2D eigenvalue weighted by atomic mass is 35.5. The van der Waals surface area contributed by atoms with Crippen LogP contribution in [0.2, 0.25) is 5.02 Å². The van der Waals surface area contributed by atoms with E-state index in [1.165, 1.54) is 28.8 Å². The maximum Gasteiger partial charge on any atom is 0.412 e. The topological polar surface area (TPSA) is 58.6 Å². The molecule has 0 saturated carbocycles. The summed E-state index contributed by atoms with van der Waals surface area (Å²) in [6, 6.07) is 12.4. The van der Waals surface area contributed by atoms with Crippen LogP contribution in [0.5, 0.6) is 0 Å². The molecule has 3 rings (SSSR count). The molecule has 30 heavy (non-hydrogen) atoms. The number of hydrogen-bond acceptors (Lipinski definition) is 4. The molecule has 1 N–H and O–H groups in total. The van der Waals surface area contributed by atoms with Crippen molar-refractivity contribution in [3.8, 4) is 0 Å². The Kier molecular flexibility index (Phi) is 6.93. The van der Waals surface area contributed by atoms with Gasteiger partial charge in [0.1, 0.15) is 22.8 Å². The highest BCUT2D eigenvalue weighted by molar-refractivity contribution is 7.99. The van der Waals surface area contributed by atoms with Gasteiger partial charge in [-0.25, -0.2) is 9.18 Å². The molecule has 1 heterocycles. The first-order valence-corrected chi connectivity index (χ1v) is 11.0. The van der Waals surface area contributed by atoms with E-state index in [4.69, 9.17) is 16.3 Å². The summed E-state index contributed by atoms with van der Waals surface area (Å²) in [7, 11) is 0. The van der Waals surface area contributed by atoms with E-state index in [0.29, 0.717) is 10.8 Å². The lowest BCUT2D eigenvalue weighted by atomic mass is 10.1. The molecule has 2 atom stereocenters. The lowest BCUT2D eigenvalue weighted by Crippen LogP contribution is -2.49. The van der Waals surface area contributed by atoms with Crippen LogP contribution in [0.15, 0.2) is 48.5 Å². The molecule has 0 spiro atoms. The Hall–Kier alpha value is -2.25. The van der Waals surface area contributed by atoms with Crippen LogP contribution < -0.4 is 5.32 Å². The second kappa shape index (κ2) is 9.27. The Morgan fingerprint density at radius 3 is 2.40 bits per heavy atom. The Morgan fingerprint density at radius 2 is 1.80 bits per heavy atom. The number of halogens is 2. The standard InChI is InChI=1S/C22H24ClFN2O3S/c1-22(2,3)29-21(28)26-18(13-30-20(26)15-6-8-16(23)9-7-15)19(27)25-12-14-4-10-17(24)11-5-14/h4-11,18,20H,12-13H2,1-3H3,(H,25,27)/t18-,20-/m0/s1. The summed E-state index contributed by atoms with van der Waals surface area (Å²) in [5, 5.41) is 3.08. The van der Waals surface area contributed by atoms with Crippen molar-refractivity contribution in [1.82, 2.24) is 10.2 Å². The van der Waals surface area contributed by atoms with Gasteiger partial charge in [0.25, 0.3) is 0 Å². The number of benzene rings is 2. The SMILES string of the molecule is CC(C)(C)OC(=O)N1[C@H](C(=O)NCc2ccc(F)cc2)CS[C@H]1c1ccc(Cl)cc1. The molecule has 0 unspecified atom stereocenters. The second-order valence-corrected chi connectivity index (χ2v) is 9.53. The molecule has 2 amide bonds. The summed E-state index contributed by atoms with van der Waals surface area (Å²) < 4.78 is 18.7. The molecule has 0 aliphatic carbocycles. The predicted molar refractivity (Wildman–Crippen MR) is 117 cm³/mol. The van der Waals surface area contributed by atoms with Crippen molar-refractivity contribution in [2.75, 3.05) is 5.75 Å². The van der Waals surface area contributed by atoms with Gasteiger partial charge >= 0.3 is 6.09 Å². The quantitative estimate of drug-likeness (QED) is 0.700. The smallest absolute Gasteiger partial charge is 0.412 e. The van der Waals surface area contributed by atoms with Crippen molar-refractivity contribution in [1.29, 1.82) is 0 Å². The third-order valence-electron chi connectivity index (χ3n) is 4.44. The van der Waals surface area contributed by atoms with Crippen LogP contribution in [0.4, 0.5) is 9.18 Å². The summed E-state index contributed by atoms with van der Waals surface area (Å²) in [6.07, 6.45) is -0.547. The Labute approximate surface area is 184 Å². The molecule has 1 aliphatic heterocycles. The molecule has 8 heteroatoms. The highest BCUT2D eigenvalue weighted by Crippen LogP contribution is 2.42. The van der Waals surface area contributed by atoms with E-state index < -0.39 is 17.7 Å². The van der Waals surface area contributed by atoms with Gasteiger partial charge in [0.05, 0.1) is 0 Å². The van der Waals surface area contributed by atoms with E-state index >= 15 is 0 Å². The van der Waals surface area contributed by atoms with Crippen molar-refractivity contribution in [3.05, 3.63) is 70.5 Å². The Balaban J connectivity index is 1.78. The number of hydrogen-bond donors (Lipinski definition) is 1. The van der Waals surface area contributed by atoms with Gasteiger partial charge in [-0.05, 0) is 56.2 Å². The molecule has 0 radical (unpaired) electrons. The fourth-order valence-electron chi connectivity index (χ4n) is 3.04. The van der Waals surface area contributed by atoms with Gasteiger partial charge in [0.2, 0.25) is 5.91 Å². The largest absolute Gasteiger partial charge is 0.444 e. The first-order chi connectivity index (χ1) is 14.1. The average molecular weight is 451 g/mol. The number of rotatable bonds is 4. The van der Waals surface area contributed by atoms with E-state index in [1.807, 2.05) is 12.1 Å². The van der Waals surface area contributed by atoms with Gasteiger partial charge in [-0.3, -0.25) is 9.69 Å². The van der Waals surface area contributed by atoms with Crippen molar-refractivity contribution in [3.63, 3.8) is 0 Å². The molecular weight excluding hydrogens is 427 g/mol. The van der Waals surface area contributed by atoms with E-state index in [-0.39, 0.29) is 23.6 Å². The summed E-state index contributed by atoms with van der Waals surface area (Å²) in [6.45, 7) is 5.60. The zero-order valence-electron chi connectivity index (χ0n) is 17.0. The maximum atomic E-state index is 13.1. The maximum absolute atomic E-state index is 13.1. The second-order valence-electron chi connectivity index (χ2n) is 7.98. The third-order valence-corrected chi connectivity index (χ3v) is 6.02. The van der Waals surface area contributed by atoms with Gasteiger partial charge in [-0.1, -0.05) is 35.9 Å². The molecule has 0 bridgehead atoms. The van der Waals surface area contributed by atoms with Gasteiger partial charge in [0.15, 0.2) is 0 Å². The van der Waals surface area contributed by atoms with Gasteiger partial charge in [-0.2, -0.15) is 0 Å². The first kappa shape index (κ1) is 22.4. The van der Waals surface area contributed by atoms with Crippen LogP contribution in [0.3, 0.4) is 0 Å². The number of nitrogens with zero attached hydrogens (tertiary/aromatic N) is 1. The summed E-state index contributed by atoms with van der Waals surface area (Å²) in [5.41, 5.74) is 0.946. The number of amides is 2. The van der Waals surface area contributed by atoms with Crippen LogP contribution in [-0.2, 0) is 16.1 Å². The van der Waals surface area contributed by atoms with Gasteiger partial charge in [-0.15, -0.1) is 11.8 Å². The molecule has 2 aromatic rings. The zero-order chi connectivity index (χ0) is 21.9.